The molecule has 2 aliphatic carbocycles. The Hall–Kier alpha value is -5.81. The third-order valence-corrected chi connectivity index (χ3v) is 15.9. The molecule has 3 aromatic heterocycles. The van der Waals surface area contributed by atoms with E-state index in [0.717, 1.165) is 113 Å². The molecule has 3 fully saturated rings. The number of nitrogens with zero attached hydrogens (tertiary/aromatic N) is 6. The Labute approximate surface area is 388 Å². The number of ether oxygens (including phenoxy) is 1. The fraction of sp³-hybridized carbons (Fsp3) is 0.408. The normalized spacial score (nSPS) is 19.0. The van der Waals surface area contributed by atoms with Crippen LogP contribution in [0.5, 0.6) is 0 Å². The Kier molecular flexibility index (Phi) is 11.6. The maximum absolute atomic E-state index is 14.3. The summed E-state index contributed by atoms with van der Waals surface area (Å²) in [6.07, 6.45) is 10.7. The zero-order valence-corrected chi connectivity index (χ0v) is 38.8. The molecule has 2 saturated heterocycles. The first kappa shape index (κ1) is 44.0. The number of nitrogens with one attached hydrogen (secondary N) is 3. The number of anilines is 2. The molecule has 1 amide bonds. The fourth-order valence-corrected chi connectivity index (χ4v) is 11.4. The molecule has 4 aliphatic rings. The molecule has 3 N–H and O–H groups in total. The van der Waals surface area contributed by atoms with E-state index in [1.807, 2.05) is 36.4 Å². The Bertz CT molecular complexity index is 2980. The Morgan fingerprint density at radius 3 is 2.48 bits per heavy atom. The second-order valence-electron chi connectivity index (χ2n) is 19.4. The highest BCUT2D eigenvalue weighted by atomic mass is 35.5. The van der Waals surface area contributed by atoms with Crippen molar-refractivity contribution in [2.24, 2.45) is 16.7 Å². The first-order valence-corrected chi connectivity index (χ1v) is 24.7. The molecular formula is C49H54ClN9O6S. The van der Waals surface area contributed by atoms with Crippen LogP contribution in [0.15, 0.2) is 95.7 Å². The van der Waals surface area contributed by atoms with Gasteiger partial charge in [0.15, 0.2) is 0 Å². The van der Waals surface area contributed by atoms with Crippen molar-refractivity contribution in [3.8, 4) is 5.69 Å². The smallest absolute Gasteiger partial charge is 0.293 e. The van der Waals surface area contributed by atoms with Crippen LogP contribution in [0.3, 0.4) is 0 Å². The Balaban J connectivity index is 0.890. The number of allylic oxidation sites excluding steroid dienone is 1. The molecule has 6 aromatic rings. The molecule has 0 unspecified atom stereocenters. The fourth-order valence-electron chi connectivity index (χ4n) is 10.2. The number of nitro groups is 1. The number of aromatic amines is 1. The zero-order chi connectivity index (χ0) is 45.8. The largest absolute Gasteiger partial charge is 0.380 e. The van der Waals surface area contributed by atoms with E-state index < -0.39 is 25.7 Å². The summed E-state index contributed by atoms with van der Waals surface area (Å²) in [4.78, 5) is 38.2. The van der Waals surface area contributed by atoms with Crippen LogP contribution in [0.4, 0.5) is 17.1 Å². The van der Waals surface area contributed by atoms with Crippen LogP contribution in [0, 0.1) is 26.9 Å². The van der Waals surface area contributed by atoms with Gasteiger partial charge in [-0.25, -0.2) is 22.8 Å². The highest BCUT2D eigenvalue weighted by Gasteiger charge is 2.41. The van der Waals surface area contributed by atoms with Crippen molar-refractivity contribution in [2.75, 3.05) is 62.7 Å². The van der Waals surface area contributed by atoms with Gasteiger partial charge in [0, 0.05) is 73.0 Å². The first-order chi connectivity index (χ1) is 31.7. The van der Waals surface area contributed by atoms with Gasteiger partial charge < -0.3 is 19.9 Å². The average molecular weight is 933 g/mol. The minimum absolute atomic E-state index is 0.0533. The lowest BCUT2D eigenvalue weighted by molar-refractivity contribution is -0.384. The van der Waals surface area contributed by atoms with Crippen molar-refractivity contribution >= 4 is 72.2 Å². The third-order valence-electron chi connectivity index (χ3n) is 14.3. The van der Waals surface area contributed by atoms with Crippen LogP contribution < -0.4 is 14.9 Å². The molecule has 66 heavy (non-hydrogen) atoms. The van der Waals surface area contributed by atoms with Gasteiger partial charge in [-0.3, -0.25) is 19.8 Å². The van der Waals surface area contributed by atoms with Crippen LogP contribution in [0.25, 0.3) is 33.3 Å². The van der Waals surface area contributed by atoms with Crippen molar-refractivity contribution in [3.63, 3.8) is 0 Å². The molecule has 0 atom stereocenters. The summed E-state index contributed by atoms with van der Waals surface area (Å²) in [5.74, 6) is -0.565. The molecule has 3 aromatic carbocycles. The molecule has 0 radical (unpaired) electrons. The number of aromatic nitrogens is 4. The minimum Gasteiger partial charge on any atom is -0.380 e. The van der Waals surface area contributed by atoms with Crippen LogP contribution in [-0.2, 0) is 14.8 Å². The van der Waals surface area contributed by atoms with Gasteiger partial charge in [-0.15, -0.1) is 0 Å². The number of amides is 1. The number of hydrogen-bond donors (Lipinski definition) is 3. The summed E-state index contributed by atoms with van der Waals surface area (Å²) >= 11 is 6.26. The number of fused-ring (bicyclic) bond motifs is 2. The number of carbonyl (C=O) groups excluding carboxylic acids is 1. The average Bonchev–Trinajstić information content (AvgIpc) is 3.94. The van der Waals surface area contributed by atoms with E-state index in [1.165, 1.54) is 28.8 Å². The number of pyridine rings is 1. The van der Waals surface area contributed by atoms with Gasteiger partial charge in [0.1, 0.15) is 16.9 Å². The number of benzene rings is 3. The summed E-state index contributed by atoms with van der Waals surface area (Å²) < 4.78 is 37.1. The number of rotatable bonds is 12. The molecular weight excluding hydrogens is 878 g/mol. The third kappa shape index (κ3) is 8.91. The standard InChI is InChI=1S/C49H54ClN9O6S/c1-48(2)15-13-35(40(26-48)33-3-5-36(50)6-4-33)29-56-19-21-57(22-20-56)37-7-9-39(43(24-37)58-44-23-34-14-18-51-46(34)54-42(44)28-53-58)47(60)55-66(63,64)38-8-10-41(45(25-38)59(61)62)52-27-32-11-16-49(17-12-32)30-65-31-49/h3-10,14,18,23-25,28,32,52H,11-13,15-17,19-22,26-27,29-31H2,1-2H3,(H,51,54)(H,55,60). The lowest BCUT2D eigenvalue weighted by atomic mass is 9.69. The van der Waals surface area contributed by atoms with Crippen molar-refractivity contribution in [1.82, 2.24) is 29.4 Å². The Morgan fingerprint density at radius 2 is 1.76 bits per heavy atom. The molecule has 0 bridgehead atoms. The zero-order valence-electron chi connectivity index (χ0n) is 37.2. The van der Waals surface area contributed by atoms with Crippen molar-refractivity contribution in [3.05, 3.63) is 117 Å². The summed E-state index contributed by atoms with van der Waals surface area (Å²) in [5, 5.41) is 21.7. The van der Waals surface area contributed by atoms with Gasteiger partial charge in [-0.05, 0) is 122 Å². The van der Waals surface area contributed by atoms with Crippen molar-refractivity contribution < 1.29 is 22.9 Å². The maximum Gasteiger partial charge on any atom is 0.293 e. The Morgan fingerprint density at radius 1 is 0.985 bits per heavy atom. The quantitative estimate of drug-likeness (QED) is 0.0788. The van der Waals surface area contributed by atoms with E-state index in [4.69, 9.17) is 21.3 Å². The van der Waals surface area contributed by atoms with E-state index in [-0.39, 0.29) is 27.8 Å². The maximum atomic E-state index is 14.3. The van der Waals surface area contributed by atoms with Gasteiger partial charge in [0.25, 0.3) is 21.6 Å². The van der Waals surface area contributed by atoms with Crippen LogP contribution in [0.1, 0.15) is 74.7 Å². The summed E-state index contributed by atoms with van der Waals surface area (Å²) in [5.41, 5.74) is 7.65. The number of nitro benzene ring substituents is 1. The molecule has 17 heteroatoms. The topological polar surface area (TPSA) is 181 Å². The molecule has 10 rings (SSSR count). The van der Waals surface area contributed by atoms with Crippen LogP contribution in [-0.4, -0.2) is 96.4 Å². The van der Waals surface area contributed by atoms with E-state index in [1.54, 1.807) is 23.1 Å². The summed E-state index contributed by atoms with van der Waals surface area (Å²) in [7, 11) is -4.57. The molecule has 1 saturated carbocycles. The number of halogens is 1. The van der Waals surface area contributed by atoms with Gasteiger partial charge in [-0.1, -0.05) is 43.2 Å². The van der Waals surface area contributed by atoms with E-state index in [2.05, 4.69) is 55.9 Å². The van der Waals surface area contributed by atoms with Gasteiger partial charge >= 0.3 is 0 Å². The lowest BCUT2D eigenvalue weighted by Gasteiger charge is -2.46. The van der Waals surface area contributed by atoms with Gasteiger partial charge in [0.2, 0.25) is 0 Å². The molecule has 2 aliphatic heterocycles. The van der Waals surface area contributed by atoms with E-state index in [9.17, 15) is 23.3 Å². The van der Waals surface area contributed by atoms with Gasteiger partial charge in [0.05, 0.1) is 46.0 Å². The van der Waals surface area contributed by atoms with Gasteiger partial charge in [-0.2, -0.15) is 5.10 Å². The number of piperazine rings is 1. The van der Waals surface area contributed by atoms with Crippen LogP contribution >= 0.6 is 11.6 Å². The number of hydrogen-bond acceptors (Lipinski definition) is 11. The number of carbonyl (C=O) groups is 1. The predicted molar refractivity (Wildman–Crippen MR) is 257 cm³/mol. The summed E-state index contributed by atoms with van der Waals surface area (Å²) in [6, 6.07) is 21.0. The molecule has 5 heterocycles. The minimum atomic E-state index is -4.57. The second-order valence-corrected chi connectivity index (χ2v) is 21.6. The first-order valence-electron chi connectivity index (χ1n) is 22.8. The number of sulfonamides is 1. The van der Waals surface area contributed by atoms with E-state index in [0.29, 0.717) is 34.8 Å². The van der Waals surface area contributed by atoms with Crippen LogP contribution in [0.2, 0.25) is 5.02 Å². The van der Waals surface area contributed by atoms with Crippen molar-refractivity contribution in [1.29, 1.82) is 0 Å². The van der Waals surface area contributed by atoms with Crippen molar-refractivity contribution in [2.45, 2.75) is 63.7 Å². The molecule has 15 nitrogen and oxygen atoms in total. The second kappa shape index (κ2) is 17.4. The molecule has 1 spiro atoms. The molecule has 344 valence electrons. The monoisotopic (exact) mass is 931 g/mol. The SMILES string of the molecule is CC1(C)CCC(CN2CCN(c3ccc(C(=O)NS(=O)(=O)c4ccc(NCC5CCC6(CC5)COC6)c([N+](=O)[O-])c4)c(-n4ncc5nc6[nH]ccc6cc54)c3)CC2)=C(c2ccc(Cl)cc2)C1. The highest BCUT2D eigenvalue weighted by molar-refractivity contribution is 7.90. The summed E-state index contributed by atoms with van der Waals surface area (Å²) in [6.45, 7) is 10.8. The van der Waals surface area contributed by atoms with E-state index >= 15 is 0 Å². The highest BCUT2D eigenvalue weighted by Crippen LogP contribution is 2.45. The number of H-pyrrole nitrogens is 1. The lowest BCUT2D eigenvalue weighted by Crippen LogP contribution is -2.47. The predicted octanol–water partition coefficient (Wildman–Crippen LogP) is 8.99.